The second kappa shape index (κ2) is 5.94. The zero-order valence-electron chi connectivity index (χ0n) is 10.5. The van der Waals surface area contributed by atoms with Crippen molar-refractivity contribution in [1.82, 2.24) is 0 Å². The minimum absolute atomic E-state index is 0.107. The van der Waals surface area contributed by atoms with Gasteiger partial charge in [-0.3, -0.25) is 4.79 Å². The third-order valence-electron chi connectivity index (χ3n) is 2.53. The number of carbonyl (C=O) groups is 1. The van der Waals surface area contributed by atoms with Crippen LogP contribution in [0.15, 0.2) is 34.7 Å². The molecule has 1 aromatic carbocycles. The number of thiocarbonyl (C=S) groups is 1. The first kappa shape index (κ1) is 14.4. The maximum atomic E-state index is 11.9. The van der Waals surface area contributed by atoms with Crippen molar-refractivity contribution in [2.75, 3.05) is 12.4 Å². The van der Waals surface area contributed by atoms with Gasteiger partial charge in [-0.2, -0.15) is 0 Å². The van der Waals surface area contributed by atoms with Crippen LogP contribution in [0.2, 0.25) is 5.22 Å². The van der Waals surface area contributed by atoms with Crippen molar-refractivity contribution in [3.8, 4) is 5.75 Å². The van der Waals surface area contributed by atoms with Gasteiger partial charge in [0.15, 0.2) is 11.0 Å². The smallest absolute Gasteiger partial charge is 0.291 e. The summed E-state index contributed by atoms with van der Waals surface area (Å²) >= 11 is 10.5. The molecule has 1 heterocycles. The maximum Gasteiger partial charge on any atom is 0.291 e. The van der Waals surface area contributed by atoms with Gasteiger partial charge < -0.3 is 20.2 Å². The van der Waals surface area contributed by atoms with E-state index in [0.29, 0.717) is 17.0 Å². The van der Waals surface area contributed by atoms with Gasteiger partial charge in [0.2, 0.25) is 0 Å². The first-order chi connectivity index (χ1) is 9.51. The summed E-state index contributed by atoms with van der Waals surface area (Å²) in [5, 5.41) is 2.80. The molecule has 0 atom stereocenters. The Morgan fingerprint density at radius 2 is 2.15 bits per heavy atom. The van der Waals surface area contributed by atoms with E-state index in [-0.39, 0.29) is 16.0 Å². The van der Waals surface area contributed by atoms with Gasteiger partial charge in [-0.25, -0.2) is 0 Å². The highest BCUT2D eigenvalue weighted by molar-refractivity contribution is 7.80. The largest absolute Gasteiger partial charge is 0.495 e. The van der Waals surface area contributed by atoms with Gasteiger partial charge in [0, 0.05) is 5.56 Å². The fourth-order valence-electron chi connectivity index (χ4n) is 1.57. The fraction of sp³-hybridized carbons (Fsp3) is 0.0769. The number of nitrogens with two attached hydrogens (primary N) is 1. The first-order valence-corrected chi connectivity index (χ1v) is 6.34. The number of anilines is 1. The summed E-state index contributed by atoms with van der Waals surface area (Å²) in [5.41, 5.74) is 6.67. The van der Waals surface area contributed by atoms with Crippen LogP contribution in [0.1, 0.15) is 16.1 Å². The van der Waals surface area contributed by atoms with Crippen LogP contribution >= 0.6 is 23.8 Å². The lowest BCUT2D eigenvalue weighted by Crippen LogP contribution is -2.13. The Bertz CT molecular complexity index is 669. The average Bonchev–Trinajstić information content (AvgIpc) is 2.85. The summed E-state index contributed by atoms with van der Waals surface area (Å²) < 4.78 is 10.2. The van der Waals surface area contributed by atoms with Crippen LogP contribution < -0.4 is 15.8 Å². The van der Waals surface area contributed by atoms with Crippen molar-refractivity contribution in [3.63, 3.8) is 0 Å². The van der Waals surface area contributed by atoms with Crippen LogP contribution in [-0.4, -0.2) is 18.0 Å². The lowest BCUT2D eigenvalue weighted by molar-refractivity contribution is 0.0996. The number of benzene rings is 1. The maximum absolute atomic E-state index is 11.9. The molecular formula is C13H11ClN2O3S. The minimum atomic E-state index is -0.432. The Morgan fingerprint density at radius 3 is 2.70 bits per heavy atom. The van der Waals surface area contributed by atoms with E-state index < -0.39 is 5.91 Å². The number of hydrogen-bond donors (Lipinski definition) is 2. The van der Waals surface area contributed by atoms with Crippen molar-refractivity contribution in [2.45, 2.75) is 0 Å². The monoisotopic (exact) mass is 310 g/mol. The van der Waals surface area contributed by atoms with E-state index in [0.717, 1.165) is 0 Å². The van der Waals surface area contributed by atoms with Crippen molar-refractivity contribution in [2.24, 2.45) is 5.73 Å². The van der Waals surface area contributed by atoms with Crippen LogP contribution in [-0.2, 0) is 0 Å². The van der Waals surface area contributed by atoms with Gasteiger partial charge in [-0.05, 0) is 41.9 Å². The Kier molecular flexibility index (Phi) is 4.26. The van der Waals surface area contributed by atoms with E-state index in [4.69, 9.17) is 38.7 Å². The van der Waals surface area contributed by atoms with Gasteiger partial charge in [-0.15, -0.1) is 0 Å². The topological polar surface area (TPSA) is 77.5 Å². The fourth-order valence-corrected chi connectivity index (χ4v) is 1.84. The third kappa shape index (κ3) is 3.09. The quantitative estimate of drug-likeness (QED) is 0.849. The average molecular weight is 311 g/mol. The van der Waals surface area contributed by atoms with E-state index in [9.17, 15) is 4.79 Å². The third-order valence-corrected chi connectivity index (χ3v) is 2.97. The summed E-state index contributed by atoms with van der Waals surface area (Å²) in [6.07, 6.45) is 0. The van der Waals surface area contributed by atoms with Crippen molar-refractivity contribution >= 4 is 40.4 Å². The van der Waals surface area contributed by atoms with Gasteiger partial charge in [0.05, 0.1) is 12.8 Å². The molecule has 104 valence electrons. The normalized spacial score (nSPS) is 10.1. The molecule has 0 spiro atoms. The molecule has 2 aromatic rings. The lowest BCUT2D eigenvalue weighted by Gasteiger charge is -2.10. The first-order valence-electron chi connectivity index (χ1n) is 5.56. The zero-order chi connectivity index (χ0) is 14.7. The zero-order valence-corrected chi connectivity index (χ0v) is 12.0. The van der Waals surface area contributed by atoms with Crippen LogP contribution in [0.5, 0.6) is 5.75 Å². The number of amides is 1. The molecule has 7 heteroatoms. The second-order valence-electron chi connectivity index (χ2n) is 3.84. The molecule has 0 aliphatic rings. The molecule has 1 amide bonds. The Hall–Kier alpha value is -2.05. The van der Waals surface area contributed by atoms with Crippen LogP contribution in [0, 0.1) is 0 Å². The number of halogens is 1. The number of ether oxygens (including phenoxy) is 1. The number of furan rings is 1. The van der Waals surface area contributed by atoms with E-state index >= 15 is 0 Å². The van der Waals surface area contributed by atoms with Crippen molar-refractivity contribution in [1.29, 1.82) is 0 Å². The molecule has 5 nitrogen and oxygen atoms in total. The molecule has 0 aliphatic carbocycles. The predicted molar refractivity (Wildman–Crippen MR) is 80.6 cm³/mol. The molecule has 20 heavy (non-hydrogen) atoms. The van der Waals surface area contributed by atoms with E-state index in [2.05, 4.69) is 5.32 Å². The standard InChI is InChI=1S/C13H11ClN2O3S/c1-18-10-6-7(12(15)20)2-3-8(10)16-13(17)9-4-5-11(14)19-9/h2-6H,1H3,(H2,15,20)(H,16,17). The molecule has 2 rings (SSSR count). The van der Waals surface area contributed by atoms with Gasteiger partial charge in [0.1, 0.15) is 10.7 Å². The molecule has 0 aliphatic heterocycles. The predicted octanol–water partition coefficient (Wildman–Crippen LogP) is 2.83. The summed E-state index contributed by atoms with van der Waals surface area (Å²) in [7, 11) is 1.48. The molecule has 1 aromatic heterocycles. The molecule has 0 radical (unpaired) electrons. The molecule has 0 fully saturated rings. The summed E-state index contributed by atoms with van der Waals surface area (Å²) in [5.74, 6) is 0.120. The summed E-state index contributed by atoms with van der Waals surface area (Å²) in [6, 6.07) is 7.95. The summed E-state index contributed by atoms with van der Waals surface area (Å²) in [4.78, 5) is 12.2. The SMILES string of the molecule is COc1cc(C(N)=S)ccc1NC(=O)c1ccc(Cl)o1. The van der Waals surface area contributed by atoms with Gasteiger partial charge in [-0.1, -0.05) is 12.2 Å². The van der Waals surface area contributed by atoms with Crippen molar-refractivity contribution < 1.29 is 13.9 Å². The molecular weight excluding hydrogens is 300 g/mol. The lowest BCUT2D eigenvalue weighted by atomic mass is 10.2. The molecule has 0 saturated carbocycles. The van der Waals surface area contributed by atoms with Gasteiger partial charge >= 0.3 is 0 Å². The Balaban J connectivity index is 2.25. The van der Waals surface area contributed by atoms with Crippen molar-refractivity contribution in [3.05, 3.63) is 46.9 Å². The van der Waals surface area contributed by atoms with E-state index in [1.165, 1.54) is 19.2 Å². The van der Waals surface area contributed by atoms with Gasteiger partial charge in [0.25, 0.3) is 5.91 Å². The number of methoxy groups -OCH3 is 1. The Labute approximate surface area is 125 Å². The molecule has 0 saturated heterocycles. The van der Waals surface area contributed by atoms with Crippen LogP contribution in [0.3, 0.4) is 0 Å². The summed E-state index contributed by atoms with van der Waals surface area (Å²) in [6.45, 7) is 0. The van der Waals surface area contributed by atoms with E-state index in [1.807, 2.05) is 0 Å². The van der Waals surface area contributed by atoms with Crippen LogP contribution in [0.25, 0.3) is 0 Å². The van der Waals surface area contributed by atoms with Crippen LogP contribution in [0.4, 0.5) is 5.69 Å². The number of rotatable bonds is 4. The number of nitrogens with one attached hydrogen (secondary N) is 1. The highest BCUT2D eigenvalue weighted by Crippen LogP contribution is 2.26. The number of hydrogen-bond acceptors (Lipinski definition) is 4. The molecule has 0 unspecified atom stereocenters. The van der Waals surface area contributed by atoms with E-state index in [1.54, 1.807) is 18.2 Å². The minimum Gasteiger partial charge on any atom is -0.495 e. The Morgan fingerprint density at radius 1 is 1.40 bits per heavy atom. The number of carbonyl (C=O) groups excluding carboxylic acids is 1. The highest BCUT2D eigenvalue weighted by Gasteiger charge is 2.14. The highest BCUT2D eigenvalue weighted by atomic mass is 35.5. The molecule has 3 N–H and O–H groups in total. The molecule has 0 bridgehead atoms. The second-order valence-corrected chi connectivity index (χ2v) is 4.65.